The van der Waals surface area contributed by atoms with Gasteiger partial charge in [-0.1, -0.05) is 314 Å². The molecule has 0 aliphatic heterocycles. The van der Waals surface area contributed by atoms with Gasteiger partial charge >= 0.3 is 11.9 Å². The van der Waals surface area contributed by atoms with Gasteiger partial charge in [0.15, 0.2) is 0 Å². The maximum atomic E-state index is 12.8. The van der Waals surface area contributed by atoms with Gasteiger partial charge in [-0.25, -0.2) is 0 Å². The van der Waals surface area contributed by atoms with Gasteiger partial charge in [-0.3, -0.25) is 9.59 Å². The molecule has 0 N–H and O–H groups in total. The number of carbonyl (C=O) groups is 2. The molecule has 0 amide bonds. The second-order valence-electron chi connectivity index (χ2n) is 24.6. The molecule has 0 bridgehead atoms. The molecule has 2 atom stereocenters. The van der Waals surface area contributed by atoms with E-state index in [2.05, 4.69) is 168 Å². The molecule has 428 valence electrons. The van der Waals surface area contributed by atoms with Gasteiger partial charge in [0.25, 0.3) is 0 Å². The molecule has 0 aromatic carbocycles. The Kier molecular flexibility index (Phi) is 36.9. The van der Waals surface area contributed by atoms with Crippen molar-refractivity contribution in [2.45, 2.75) is 301 Å². The molecule has 0 radical (unpaired) electrons. The van der Waals surface area contributed by atoms with E-state index in [9.17, 15) is 9.59 Å². The Morgan fingerprint density at radius 1 is 0.408 bits per heavy atom. The third kappa shape index (κ3) is 32.7. The lowest BCUT2D eigenvalue weighted by Gasteiger charge is -2.37. The zero-order chi connectivity index (χ0) is 55.9. The van der Waals surface area contributed by atoms with E-state index in [1.165, 1.54) is 186 Å². The molecule has 0 unspecified atom stereocenters. The van der Waals surface area contributed by atoms with Crippen LogP contribution in [0.25, 0.3) is 0 Å². The smallest absolute Gasteiger partial charge is 0.306 e. The number of carbonyl (C=O) groups excluding carboxylic acids is 2. The quantitative estimate of drug-likeness (QED) is 0.0349. The van der Waals surface area contributed by atoms with E-state index in [-0.39, 0.29) is 35.0 Å². The van der Waals surface area contributed by atoms with E-state index in [0.29, 0.717) is 12.8 Å². The highest BCUT2D eigenvalue weighted by Gasteiger charge is 2.35. The van der Waals surface area contributed by atoms with Crippen molar-refractivity contribution in [1.82, 2.24) is 0 Å². The minimum Gasteiger partial charge on any atom is -0.462 e. The van der Waals surface area contributed by atoms with Crippen LogP contribution in [0.15, 0.2) is 130 Å². The molecule has 0 aromatic rings. The van der Waals surface area contributed by atoms with Gasteiger partial charge in [-0.05, 0) is 89.2 Å². The average molecular weight is 1050 g/mol. The van der Waals surface area contributed by atoms with Gasteiger partial charge in [0, 0.05) is 25.7 Å². The summed E-state index contributed by atoms with van der Waals surface area (Å²) in [4.78, 5) is 25.6. The number of unbranched alkanes of at least 4 members (excludes halogenated alkanes) is 24. The fraction of sp³-hybridized carbons (Fsp3) is 0.667. The number of esters is 2. The van der Waals surface area contributed by atoms with Crippen LogP contribution in [0.2, 0.25) is 0 Å². The number of allylic oxidation sites excluding steroid dienone is 20. The molecule has 0 saturated carbocycles. The van der Waals surface area contributed by atoms with Gasteiger partial charge < -0.3 is 9.47 Å². The highest BCUT2D eigenvalue weighted by Crippen LogP contribution is 2.43. The standard InChI is InChI=1S/C72H116O4/c1-13-15-17-19-21-23-25-27-29-31-33-35-37-49-69(73)75-65-55-63(7)67(71(9,10)57-65)53-51-61(5)47-41-45-59(3)43-39-40-44-60(4)46-42-48-62(6)52-54-68-64(8)56-66(58-72(68,11)12)76-70(74)50-38-36-34-32-30-28-26-24-22-20-18-16-14-2/h39-48,51-54,65-66H,13-38,49-50,55-58H2,1-12H3/b40-39+,45-41-,46-42+,53-51-,54-52+,59-43-,60-44+,61-47-,62-48+/t65-,66-/m1/s1. The fourth-order valence-corrected chi connectivity index (χ4v) is 11.3. The van der Waals surface area contributed by atoms with Crippen LogP contribution in [0.1, 0.15) is 289 Å². The maximum absolute atomic E-state index is 12.8. The Hall–Kier alpha value is -3.92. The number of rotatable bonds is 40. The molecule has 2 rings (SSSR count). The molecule has 0 saturated heterocycles. The van der Waals surface area contributed by atoms with Crippen molar-refractivity contribution in [3.8, 4) is 0 Å². The zero-order valence-corrected chi connectivity index (χ0v) is 51.5. The van der Waals surface area contributed by atoms with Crippen molar-refractivity contribution >= 4 is 11.9 Å². The van der Waals surface area contributed by atoms with E-state index in [1.54, 1.807) is 0 Å². The third-order valence-corrected chi connectivity index (χ3v) is 15.8. The molecule has 2 aliphatic rings. The molecule has 2 aliphatic carbocycles. The lowest BCUT2D eigenvalue weighted by Crippen LogP contribution is -2.31. The number of hydrogen-bond donors (Lipinski definition) is 0. The van der Waals surface area contributed by atoms with Gasteiger partial charge in [-0.15, -0.1) is 0 Å². The summed E-state index contributed by atoms with van der Waals surface area (Å²) in [6.07, 6.45) is 68.6. The van der Waals surface area contributed by atoms with Crippen LogP contribution in [0.3, 0.4) is 0 Å². The SMILES string of the molecule is CCCCCCCCCCCCCCCC(=O)O[C@@H]1CC(C)=C(\C=C/C(C)=C\C=C/C(C)=C\C=C\C=C(C)\C=C\C=C(C)\C=C\C2=C(C)C[C@@H](OC(=O)CCCCCCCCCCCCCCC)CC2(C)C)C(C)(C)C1. The van der Waals surface area contributed by atoms with Crippen molar-refractivity contribution in [2.75, 3.05) is 0 Å². The molecule has 4 nitrogen and oxygen atoms in total. The predicted molar refractivity (Wildman–Crippen MR) is 333 cm³/mol. The summed E-state index contributed by atoms with van der Waals surface area (Å²) in [7, 11) is 0. The van der Waals surface area contributed by atoms with Crippen molar-refractivity contribution < 1.29 is 19.1 Å². The van der Waals surface area contributed by atoms with Crippen LogP contribution >= 0.6 is 0 Å². The van der Waals surface area contributed by atoms with Gasteiger partial charge in [0.1, 0.15) is 12.2 Å². The molecule has 0 fully saturated rings. The first-order valence-electron chi connectivity index (χ1n) is 31.3. The van der Waals surface area contributed by atoms with E-state index in [1.807, 2.05) is 0 Å². The first-order valence-corrected chi connectivity index (χ1v) is 31.3. The summed E-state index contributed by atoms with van der Waals surface area (Å²) in [6.45, 7) is 26.6. The van der Waals surface area contributed by atoms with Crippen LogP contribution in [0, 0.1) is 10.8 Å². The van der Waals surface area contributed by atoms with Gasteiger partial charge in [-0.2, -0.15) is 0 Å². The molecular formula is C72H116O4. The highest BCUT2D eigenvalue weighted by atomic mass is 16.5. The van der Waals surface area contributed by atoms with Crippen molar-refractivity contribution in [3.63, 3.8) is 0 Å². The summed E-state index contributed by atoms with van der Waals surface area (Å²) in [5.41, 5.74) is 9.98. The molecular weight excluding hydrogens is 929 g/mol. The number of ether oxygens (including phenoxy) is 2. The van der Waals surface area contributed by atoms with Crippen LogP contribution in [0.4, 0.5) is 0 Å². The lowest BCUT2D eigenvalue weighted by molar-refractivity contribution is -0.151. The fourth-order valence-electron chi connectivity index (χ4n) is 11.3. The van der Waals surface area contributed by atoms with E-state index < -0.39 is 0 Å². The van der Waals surface area contributed by atoms with Crippen LogP contribution in [-0.2, 0) is 19.1 Å². The Bertz CT molecular complexity index is 1850. The summed E-state index contributed by atoms with van der Waals surface area (Å²) in [5.74, 6) is -0.0504. The van der Waals surface area contributed by atoms with Crippen LogP contribution in [-0.4, -0.2) is 24.1 Å². The summed E-state index contributed by atoms with van der Waals surface area (Å²) < 4.78 is 12.1. The van der Waals surface area contributed by atoms with E-state index in [4.69, 9.17) is 9.47 Å². The van der Waals surface area contributed by atoms with Crippen molar-refractivity contribution in [1.29, 1.82) is 0 Å². The Balaban J connectivity index is 1.73. The first-order chi connectivity index (χ1) is 36.5. The molecule has 0 heterocycles. The second kappa shape index (κ2) is 41.2. The normalized spacial score (nSPS) is 19.0. The minimum atomic E-state index is -0.0573. The second-order valence-corrected chi connectivity index (χ2v) is 24.6. The molecule has 4 heteroatoms. The van der Waals surface area contributed by atoms with E-state index in [0.717, 1.165) is 51.4 Å². The zero-order valence-electron chi connectivity index (χ0n) is 51.5. The summed E-state index contributed by atoms with van der Waals surface area (Å²) >= 11 is 0. The van der Waals surface area contributed by atoms with Gasteiger partial charge in [0.05, 0.1) is 0 Å². The summed E-state index contributed by atoms with van der Waals surface area (Å²) in [5, 5.41) is 0. The summed E-state index contributed by atoms with van der Waals surface area (Å²) in [6, 6.07) is 0. The highest BCUT2D eigenvalue weighted by molar-refractivity contribution is 5.70. The monoisotopic (exact) mass is 1040 g/mol. The van der Waals surface area contributed by atoms with Crippen molar-refractivity contribution in [2.24, 2.45) is 10.8 Å². The molecule has 76 heavy (non-hydrogen) atoms. The lowest BCUT2D eigenvalue weighted by atomic mass is 9.71. The Morgan fingerprint density at radius 3 is 0.961 bits per heavy atom. The van der Waals surface area contributed by atoms with E-state index >= 15 is 0 Å². The average Bonchev–Trinajstić information content (AvgIpc) is 3.34. The predicted octanol–water partition coefficient (Wildman–Crippen LogP) is 22.6. The van der Waals surface area contributed by atoms with Crippen LogP contribution < -0.4 is 0 Å². The number of hydrogen-bond acceptors (Lipinski definition) is 4. The topological polar surface area (TPSA) is 52.6 Å². The third-order valence-electron chi connectivity index (χ3n) is 15.8. The first kappa shape index (κ1) is 68.2. The molecule has 0 spiro atoms. The molecule has 0 aromatic heterocycles. The Labute approximate surface area is 470 Å². The Morgan fingerprint density at radius 2 is 0.671 bits per heavy atom. The van der Waals surface area contributed by atoms with Crippen LogP contribution in [0.5, 0.6) is 0 Å². The maximum Gasteiger partial charge on any atom is 0.306 e. The minimum absolute atomic E-state index is 0.0252. The van der Waals surface area contributed by atoms with Crippen molar-refractivity contribution in [3.05, 3.63) is 130 Å². The van der Waals surface area contributed by atoms with Gasteiger partial charge in [0.2, 0.25) is 0 Å². The largest absolute Gasteiger partial charge is 0.462 e.